The maximum Gasteiger partial charge on any atom is 0.0677 e. The Morgan fingerprint density at radius 1 is 0.739 bits per heavy atom. The summed E-state index contributed by atoms with van der Waals surface area (Å²) in [4.78, 5) is 0. The van der Waals surface area contributed by atoms with Crippen LogP contribution in [-0.4, -0.2) is 11.2 Å². The van der Waals surface area contributed by atoms with Gasteiger partial charge in [-0.1, -0.05) is 81.4 Å². The van der Waals surface area contributed by atoms with Gasteiger partial charge >= 0.3 is 0 Å². The zero-order chi connectivity index (χ0) is 16.4. The molecule has 1 N–H and O–H groups in total. The van der Waals surface area contributed by atoms with Gasteiger partial charge in [-0.2, -0.15) is 0 Å². The highest BCUT2D eigenvalue weighted by molar-refractivity contribution is 5.28. The van der Waals surface area contributed by atoms with Crippen LogP contribution >= 0.6 is 0 Å². The molecule has 0 radical (unpaired) electrons. The Balaban J connectivity index is 1.96. The molecule has 0 heterocycles. The van der Waals surface area contributed by atoms with E-state index < -0.39 is 0 Å². The summed E-state index contributed by atoms with van der Waals surface area (Å²) in [7, 11) is 0. The van der Waals surface area contributed by atoms with Gasteiger partial charge in [0.25, 0.3) is 0 Å². The Kier molecular flexibility index (Phi) is 4.59. The molecule has 1 fully saturated rings. The minimum absolute atomic E-state index is 0.222. The van der Waals surface area contributed by atoms with Crippen LogP contribution in [0.2, 0.25) is 0 Å². The van der Waals surface area contributed by atoms with Crippen LogP contribution in [0.4, 0.5) is 0 Å². The molecule has 1 saturated carbocycles. The SMILES string of the molecule is CC(C)(C)C1C[C@H](c2ccccc2)C(O)[C@H](c2ccccc2)C1. The van der Waals surface area contributed by atoms with E-state index in [1.54, 1.807) is 0 Å². The van der Waals surface area contributed by atoms with Gasteiger partial charge in [0.2, 0.25) is 0 Å². The van der Waals surface area contributed by atoms with Crippen molar-refractivity contribution >= 4 is 0 Å². The summed E-state index contributed by atoms with van der Waals surface area (Å²) in [5.41, 5.74) is 2.81. The maximum atomic E-state index is 11.1. The Bertz CT molecular complexity index is 562. The predicted molar refractivity (Wildman–Crippen MR) is 96.6 cm³/mol. The fourth-order valence-corrected chi connectivity index (χ4v) is 4.04. The zero-order valence-corrected chi connectivity index (χ0v) is 14.4. The summed E-state index contributed by atoms with van der Waals surface area (Å²) >= 11 is 0. The van der Waals surface area contributed by atoms with Crippen molar-refractivity contribution in [3.63, 3.8) is 0 Å². The zero-order valence-electron chi connectivity index (χ0n) is 14.4. The van der Waals surface area contributed by atoms with E-state index >= 15 is 0 Å². The van der Waals surface area contributed by atoms with Gasteiger partial charge in [0.1, 0.15) is 0 Å². The highest BCUT2D eigenvalue weighted by Gasteiger charge is 2.41. The van der Waals surface area contributed by atoms with E-state index in [-0.39, 0.29) is 23.4 Å². The second kappa shape index (κ2) is 6.49. The van der Waals surface area contributed by atoms with Crippen molar-refractivity contribution < 1.29 is 5.11 Å². The van der Waals surface area contributed by atoms with Crippen molar-refractivity contribution in [2.45, 2.75) is 51.6 Å². The Hall–Kier alpha value is -1.60. The lowest BCUT2D eigenvalue weighted by Crippen LogP contribution is -2.38. The molecule has 23 heavy (non-hydrogen) atoms. The molecular formula is C22H28O. The van der Waals surface area contributed by atoms with Crippen molar-refractivity contribution in [2.75, 3.05) is 0 Å². The largest absolute Gasteiger partial charge is 0.392 e. The molecule has 1 heteroatoms. The molecule has 1 aliphatic rings. The molecule has 2 aromatic carbocycles. The molecule has 0 saturated heterocycles. The minimum atomic E-state index is -0.307. The van der Waals surface area contributed by atoms with Gasteiger partial charge in [-0.25, -0.2) is 0 Å². The average Bonchev–Trinajstić information content (AvgIpc) is 2.55. The monoisotopic (exact) mass is 308 g/mol. The molecule has 0 spiro atoms. The third-order valence-corrected chi connectivity index (χ3v) is 5.58. The molecular weight excluding hydrogens is 280 g/mol. The van der Waals surface area contributed by atoms with E-state index in [1.165, 1.54) is 11.1 Å². The second-order valence-electron chi connectivity index (χ2n) is 8.06. The topological polar surface area (TPSA) is 20.2 Å². The third-order valence-electron chi connectivity index (χ3n) is 5.58. The number of aliphatic hydroxyl groups is 1. The molecule has 0 bridgehead atoms. The van der Waals surface area contributed by atoms with E-state index in [4.69, 9.17) is 0 Å². The molecule has 0 amide bonds. The van der Waals surface area contributed by atoms with Crippen LogP contribution in [0.5, 0.6) is 0 Å². The van der Waals surface area contributed by atoms with Crippen LogP contribution in [0.25, 0.3) is 0 Å². The molecule has 2 aromatic rings. The number of rotatable bonds is 2. The van der Waals surface area contributed by atoms with Crippen LogP contribution < -0.4 is 0 Å². The van der Waals surface area contributed by atoms with E-state index in [2.05, 4.69) is 81.4 Å². The van der Waals surface area contributed by atoms with Crippen molar-refractivity contribution in [3.8, 4) is 0 Å². The highest BCUT2D eigenvalue weighted by atomic mass is 16.3. The van der Waals surface area contributed by atoms with Crippen molar-refractivity contribution in [1.82, 2.24) is 0 Å². The summed E-state index contributed by atoms with van der Waals surface area (Å²) in [6.45, 7) is 7.00. The van der Waals surface area contributed by atoms with E-state index in [9.17, 15) is 5.11 Å². The minimum Gasteiger partial charge on any atom is -0.392 e. The average molecular weight is 308 g/mol. The van der Waals surface area contributed by atoms with Crippen LogP contribution in [0.15, 0.2) is 60.7 Å². The molecule has 0 aromatic heterocycles. The summed E-state index contributed by atoms with van der Waals surface area (Å²) in [5, 5.41) is 11.1. The smallest absolute Gasteiger partial charge is 0.0677 e. The maximum absolute atomic E-state index is 11.1. The van der Waals surface area contributed by atoms with Crippen molar-refractivity contribution in [2.24, 2.45) is 11.3 Å². The second-order valence-corrected chi connectivity index (χ2v) is 8.06. The van der Waals surface area contributed by atoms with Crippen LogP contribution in [0, 0.1) is 11.3 Å². The van der Waals surface area contributed by atoms with Gasteiger partial charge in [0, 0.05) is 11.8 Å². The molecule has 1 nitrogen and oxygen atoms in total. The third kappa shape index (κ3) is 3.50. The molecule has 122 valence electrons. The normalized spacial score (nSPS) is 28.5. The first kappa shape index (κ1) is 16.3. The number of hydrogen-bond donors (Lipinski definition) is 1. The summed E-state index contributed by atoms with van der Waals surface area (Å²) < 4.78 is 0. The van der Waals surface area contributed by atoms with Gasteiger partial charge in [0.05, 0.1) is 6.10 Å². The Morgan fingerprint density at radius 3 is 1.48 bits per heavy atom. The Labute approximate surface area is 140 Å². The van der Waals surface area contributed by atoms with Crippen molar-refractivity contribution in [3.05, 3.63) is 71.8 Å². The quantitative estimate of drug-likeness (QED) is 0.790. The van der Waals surface area contributed by atoms with Gasteiger partial charge in [-0.15, -0.1) is 0 Å². The van der Waals surface area contributed by atoms with Crippen LogP contribution in [-0.2, 0) is 0 Å². The van der Waals surface area contributed by atoms with E-state index in [0.717, 1.165) is 12.8 Å². The lowest BCUT2D eigenvalue weighted by molar-refractivity contribution is 0.0309. The molecule has 4 atom stereocenters. The molecule has 1 aliphatic carbocycles. The molecule has 2 unspecified atom stereocenters. The van der Waals surface area contributed by atoms with E-state index in [1.807, 2.05) is 0 Å². The fraction of sp³-hybridized carbons (Fsp3) is 0.455. The summed E-state index contributed by atoms with van der Waals surface area (Å²) in [6.07, 6.45) is 1.83. The lowest BCUT2D eigenvalue weighted by Gasteiger charge is -2.45. The van der Waals surface area contributed by atoms with Crippen LogP contribution in [0.3, 0.4) is 0 Å². The van der Waals surface area contributed by atoms with Gasteiger partial charge < -0.3 is 5.11 Å². The van der Waals surface area contributed by atoms with Crippen LogP contribution in [0.1, 0.15) is 56.6 Å². The first-order valence-electron chi connectivity index (χ1n) is 8.75. The summed E-state index contributed by atoms with van der Waals surface area (Å²) in [5.74, 6) is 1.06. The van der Waals surface area contributed by atoms with Gasteiger partial charge in [-0.05, 0) is 35.3 Å². The van der Waals surface area contributed by atoms with Crippen molar-refractivity contribution in [1.29, 1.82) is 0 Å². The molecule has 0 aliphatic heterocycles. The highest BCUT2D eigenvalue weighted by Crippen LogP contribution is 2.49. The first-order valence-corrected chi connectivity index (χ1v) is 8.75. The Morgan fingerprint density at radius 2 is 1.13 bits per heavy atom. The first-order chi connectivity index (χ1) is 11.0. The van der Waals surface area contributed by atoms with Gasteiger partial charge in [0.15, 0.2) is 0 Å². The number of hydrogen-bond acceptors (Lipinski definition) is 1. The number of benzene rings is 2. The summed E-state index contributed by atoms with van der Waals surface area (Å²) in [6, 6.07) is 21.1. The predicted octanol–water partition coefficient (Wildman–Crippen LogP) is 5.37. The standard InChI is InChI=1S/C22H28O/c1-22(2,3)18-14-19(16-10-6-4-7-11-16)21(23)20(15-18)17-12-8-5-9-13-17/h4-13,18-21,23H,14-15H2,1-3H3/t18?,19-,20+,21?. The van der Waals surface area contributed by atoms with Gasteiger partial charge in [-0.3, -0.25) is 0 Å². The molecule has 3 rings (SSSR count). The van der Waals surface area contributed by atoms with E-state index in [0.29, 0.717) is 5.92 Å². The number of aliphatic hydroxyl groups excluding tert-OH is 1. The lowest BCUT2D eigenvalue weighted by atomic mass is 9.62. The fourth-order valence-electron chi connectivity index (χ4n) is 4.04.